The molecule has 0 saturated carbocycles. The van der Waals surface area contributed by atoms with Crippen molar-refractivity contribution in [3.8, 4) is 0 Å². The zero-order chi connectivity index (χ0) is 11.5. The molecule has 0 amide bonds. The van der Waals surface area contributed by atoms with E-state index in [1.165, 1.54) is 5.56 Å². The minimum absolute atomic E-state index is 0.102. The molecule has 1 fully saturated rings. The Bertz CT molecular complexity index is 334. The number of aryl methyl sites for hydroxylation is 1. The highest BCUT2D eigenvalue weighted by atomic mass is 19.3. The molecule has 3 heteroatoms. The van der Waals surface area contributed by atoms with Crippen molar-refractivity contribution in [2.45, 2.75) is 32.2 Å². The smallest absolute Gasteiger partial charge is 0.242 e. The van der Waals surface area contributed by atoms with Crippen LogP contribution in [0.25, 0.3) is 0 Å². The quantitative estimate of drug-likeness (QED) is 0.833. The molecule has 1 aliphatic rings. The first-order chi connectivity index (χ1) is 7.70. The lowest BCUT2D eigenvalue weighted by Crippen LogP contribution is -2.16. The SMILES string of the molecule is CCc1ccc(C2CC(C(F)F)CN2)cc1. The number of hydrogen-bond acceptors (Lipinski definition) is 1. The van der Waals surface area contributed by atoms with Crippen molar-refractivity contribution in [1.29, 1.82) is 0 Å². The summed E-state index contributed by atoms with van der Waals surface area (Å²) in [7, 11) is 0. The Hall–Kier alpha value is -0.960. The Kier molecular flexibility index (Phi) is 3.54. The van der Waals surface area contributed by atoms with E-state index in [4.69, 9.17) is 0 Å². The molecule has 0 aliphatic carbocycles. The average molecular weight is 225 g/mol. The Morgan fingerprint density at radius 2 is 2.00 bits per heavy atom. The molecular weight excluding hydrogens is 208 g/mol. The minimum atomic E-state index is -2.20. The topological polar surface area (TPSA) is 12.0 Å². The van der Waals surface area contributed by atoms with E-state index in [0.29, 0.717) is 13.0 Å². The molecule has 2 atom stereocenters. The van der Waals surface area contributed by atoms with E-state index in [9.17, 15) is 8.78 Å². The lowest BCUT2D eigenvalue weighted by atomic mass is 9.99. The molecule has 0 aromatic heterocycles. The Morgan fingerprint density at radius 3 is 2.50 bits per heavy atom. The first-order valence-electron chi connectivity index (χ1n) is 5.81. The fourth-order valence-corrected chi connectivity index (χ4v) is 2.19. The second kappa shape index (κ2) is 4.91. The van der Waals surface area contributed by atoms with Gasteiger partial charge in [-0.3, -0.25) is 0 Å². The highest BCUT2D eigenvalue weighted by Gasteiger charge is 2.31. The highest BCUT2D eigenvalue weighted by molar-refractivity contribution is 5.25. The van der Waals surface area contributed by atoms with Crippen LogP contribution in [0, 0.1) is 5.92 Å². The Labute approximate surface area is 94.9 Å². The van der Waals surface area contributed by atoms with E-state index >= 15 is 0 Å². The van der Waals surface area contributed by atoms with Crippen molar-refractivity contribution in [2.75, 3.05) is 6.54 Å². The Morgan fingerprint density at radius 1 is 1.31 bits per heavy atom. The molecule has 16 heavy (non-hydrogen) atoms. The predicted octanol–water partition coefficient (Wildman–Crippen LogP) is 3.16. The van der Waals surface area contributed by atoms with Gasteiger partial charge < -0.3 is 5.32 Å². The summed E-state index contributed by atoms with van der Waals surface area (Å²) in [5.74, 6) is -0.490. The van der Waals surface area contributed by atoms with Gasteiger partial charge in [0.1, 0.15) is 0 Å². The monoisotopic (exact) mass is 225 g/mol. The van der Waals surface area contributed by atoms with E-state index < -0.39 is 12.3 Å². The van der Waals surface area contributed by atoms with Crippen LogP contribution in [0.1, 0.15) is 30.5 Å². The number of alkyl halides is 2. The van der Waals surface area contributed by atoms with Gasteiger partial charge in [-0.1, -0.05) is 31.2 Å². The van der Waals surface area contributed by atoms with E-state index in [0.717, 1.165) is 12.0 Å². The molecule has 1 nitrogen and oxygen atoms in total. The Balaban J connectivity index is 2.03. The second-order valence-corrected chi connectivity index (χ2v) is 4.39. The van der Waals surface area contributed by atoms with Gasteiger partial charge in [-0.25, -0.2) is 8.78 Å². The summed E-state index contributed by atoms with van der Waals surface area (Å²) >= 11 is 0. The molecule has 0 bridgehead atoms. The van der Waals surface area contributed by atoms with E-state index in [1.54, 1.807) is 0 Å². The molecule has 0 radical (unpaired) electrons. The third-order valence-corrected chi connectivity index (χ3v) is 3.31. The molecule has 1 heterocycles. The van der Waals surface area contributed by atoms with Crippen LogP contribution in [-0.2, 0) is 6.42 Å². The fraction of sp³-hybridized carbons (Fsp3) is 0.538. The van der Waals surface area contributed by atoms with Gasteiger partial charge in [0.15, 0.2) is 0 Å². The van der Waals surface area contributed by atoms with Crippen LogP contribution in [0.5, 0.6) is 0 Å². The molecule has 0 spiro atoms. The summed E-state index contributed by atoms with van der Waals surface area (Å²) in [6.07, 6.45) is -0.645. The van der Waals surface area contributed by atoms with Gasteiger partial charge in [-0.05, 0) is 24.0 Å². The van der Waals surface area contributed by atoms with Crippen molar-refractivity contribution in [3.05, 3.63) is 35.4 Å². The molecule has 1 N–H and O–H groups in total. The first kappa shape index (κ1) is 11.5. The molecule has 2 unspecified atom stereocenters. The van der Waals surface area contributed by atoms with Crippen LogP contribution in [0.2, 0.25) is 0 Å². The lowest BCUT2D eigenvalue weighted by Gasteiger charge is -2.11. The van der Waals surface area contributed by atoms with Crippen molar-refractivity contribution in [3.63, 3.8) is 0 Å². The van der Waals surface area contributed by atoms with Crippen LogP contribution in [-0.4, -0.2) is 13.0 Å². The third-order valence-electron chi connectivity index (χ3n) is 3.31. The second-order valence-electron chi connectivity index (χ2n) is 4.39. The summed E-state index contributed by atoms with van der Waals surface area (Å²) in [6, 6.07) is 8.35. The zero-order valence-electron chi connectivity index (χ0n) is 9.42. The zero-order valence-corrected chi connectivity index (χ0v) is 9.42. The lowest BCUT2D eigenvalue weighted by molar-refractivity contribution is 0.0858. The molecule has 1 aromatic carbocycles. The summed E-state index contributed by atoms with van der Waals surface area (Å²) in [5.41, 5.74) is 2.41. The third kappa shape index (κ3) is 2.40. The maximum atomic E-state index is 12.5. The van der Waals surface area contributed by atoms with Crippen LogP contribution in [0.15, 0.2) is 24.3 Å². The van der Waals surface area contributed by atoms with E-state index in [1.807, 2.05) is 12.1 Å². The van der Waals surface area contributed by atoms with Crippen LogP contribution in [0.3, 0.4) is 0 Å². The molecule has 2 rings (SSSR count). The predicted molar refractivity (Wildman–Crippen MR) is 60.7 cm³/mol. The van der Waals surface area contributed by atoms with Gasteiger partial charge in [-0.15, -0.1) is 0 Å². The van der Waals surface area contributed by atoms with Gasteiger partial charge in [0.25, 0.3) is 0 Å². The number of hydrogen-bond donors (Lipinski definition) is 1. The van der Waals surface area contributed by atoms with Crippen molar-refractivity contribution in [2.24, 2.45) is 5.92 Å². The maximum Gasteiger partial charge on any atom is 0.242 e. The van der Waals surface area contributed by atoms with Crippen LogP contribution >= 0.6 is 0 Å². The number of benzene rings is 1. The standard InChI is InChI=1S/C13H17F2N/c1-2-9-3-5-10(6-4-9)12-7-11(8-16-12)13(14)15/h3-6,11-13,16H,2,7-8H2,1H3. The summed E-state index contributed by atoms with van der Waals surface area (Å²) in [6.45, 7) is 2.54. The van der Waals surface area contributed by atoms with Gasteiger partial charge in [-0.2, -0.15) is 0 Å². The number of rotatable bonds is 3. The molecule has 1 saturated heterocycles. The summed E-state index contributed by atoms with van der Waals surface area (Å²) in [5, 5.41) is 3.16. The van der Waals surface area contributed by atoms with Gasteiger partial charge in [0.2, 0.25) is 6.43 Å². The van der Waals surface area contributed by atoms with Gasteiger partial charge in [0.05, 0.1) is 0 Å². The summed E-state index contributed by atoms with van der Waals surface area (Å²) < 4.78 is 25.0. The van der Waals surface area contributed by atoms with Gasteiger partial charge >= 0.3 is 0 Å². The van der Waals surface area contributed by atoms with Gasteiger partial charge in [0, 0.05) is 18.5 Å². The number of nitrogens with one attached hydrogen (secondary N) is 1. The van der Waals surface area contributed by atoms with E-state index in [-0.39, 0.29) is 6.04 Å². The van der Waals surface area contributed by atoms with Crippen LogP contribution in [0.4, 0.5) is 8.78 Å². The maximum absolute atomic E-state index is 12.5. The highest BCUT2D eigenvalue weighted by Crippen LogP contribution is 2.30. The van der Waals surface area contributed by atoms with Crippen molar-refractivity contribution >= 4 is 0 Å². The average Bonchev–Trinajstić information content (AvgIpc) is 2.78. The summed E-state index contributed by atoms with van der Waals surface area (Å²) in [4.78, 5) is 0. The molecular formula is C13H17F2N. The van der Waals surface area contributed by atoms with Crippen molar-refractivity contribution < 1.29 is 8.78 Å². The van der Waals surface area contributed by atoms with Crippen molar-refractivity contribution in [1.82, 2.24) is 5.32 Å². The minimum Gasteiger partial charge on any atom is -0.309 e. The first-order valence-corrected chi connectivity index (χ1v) is 5.81. The molecule has 1 aliphatic heterocycles. The fourth-order valence-electron chi connectivity index (χ4n) is 2.19. The number of halogens is 2. The van der Waals surface area contributed by atoms with Crippen LogP contribution < -0.4 is 5.32 Å². The molecule has 88 valence electrons. The normalized spacial score (nSPS) is 25.2. The van der Waals surface area contributed by atoms with E-state index in [2.05, 4.69) is 24.4 Å². The molecule has 1 aromatic rings. The largest absolute Gasteiger partial charge is 0.309 e.